The Morgan fingerprint density at radius 3 is 2.23 bits per heavy atom. The van der Waals surface area contributed by atoms with E-state index in [1.165, 1.54) is 32.4 Å². The predicted molar refractivity (Wildman–Crippen MR) is 83.5 cm³/mol. The Bertz CT molecular complexity index is 782. The normalized spacial score (nSPS) is 11.0. The maximum Gasteiger partial charge on any atom is 0.271 e. The van der Waals surface area contributed by atoms with Gasteiger partial charge in [0.25, 0.3) is 15.9 Å². The Hall–Kier alpha value is -2.34. The molecule has 22 heavy (non-hydrogen) atoms. The van der Waals surface area contributed by atoms with Crippen molar-refractivity contribution < 1.29 is 17.9 Å². The van der Waals surface area contributed by atoms with Gasteiger partial charge in [-0.3, -0.25) is 4.79 Å². The topological polar surface area (TPSA) is 63.7 Å². The van der Waals surface area contributed by atoms with E-state index >= 15 is 0 Å². The van der Waals surface area contributed by atoms with E-state index in [0.29, 0.717) is 5.75 Å². The largest absolute Gasteiger partial charge is 0.496 e. The van der Waals surface area contributed by atoms with Crippen LogP contribution in [0.25, 0.3) is 0 Å². The number of carbonyl (C=O) groups excluding carboxylic acids is 1. The molecule has 0 spiro atoms. The molecule has 0 saturated carbocycles. The van der Waals surface area contributed by atoms with Gasteiger partial charge in [0.05, 0.1) is 17.6 Å². The molecule has 0 aliphatic carbocycles. The van der Waals surface area contributed by atoms with E-state index < -0.39 is 15.9 Å². The third-order valence-electron chi connectivity index (χ3n) is 3.30. The third kappa shape index (κ3) is 2.96. The van der Waals surface area contributed by atoms with E-state index in [1.54, 1.807) is 30.3 Å². The Kier molecular flexibility index (Phi) is 4.51. The van der Waals surface area contributed by atoms with Crippen LogP contribution >= 0.6 is 0 Å². The molecule has 6 heteroatoms. The highest BCUT2D eigenvalue weighted by Gasteiger charge is 2.27. The molecule has 0 atom stereocenters. The van der Waals surface area contributed by atoms with Gasteiger partial charge in [0.1, 0.15) is 5.75 Å². The van der Waals surface area contributed by atoms with Crippen molar-refractivity contribution in [3.8, 4) is 5.75 Å². The minimum absolute atomic E-state index is 0.0730. The summed E-state index contributed by atoms with van der Waals surface area (Å²) in [6, 6.07) is 12.9. The third-order valence-corrected chi connectivity index (χ3v) is 5.06. The number of benzene rings is 2. The molecule has 0 aromatic heterocycles. The fraction of sp³-hybridized carbons (Fsp3) is 0.188. The molecule has 2 aromatic carbocycles. The van der Waals surface area contributed by atoms with Gasteiger partial charge in [-0.1, -0.05) is 29.8 Å². The molecule has 2 aromatic rings. The van der Waals surface area contributed by atoms with Gasteiger partial charge in [0.2, 0.25) is 0 Å². The SMILES string of the molecule is COc1ccccc1C(=O)N(C)S(=O)(=O)c1ccc(C)cc1. The fourth-order valence-electron chi connectivity index (χ4n) is 1.97. The van der Waals surface area contributed by atoms with Crippen molar-refractivity contribution in [3.05, 3.63) is 59.7 Å². The van der Waals surface area contributed by atoms with Crippen molar-refractivity contribution >= 4 is 15.9 Å². The first-order valence-electron chi connectivity index (χ1n) is 6.61. The van der Waals surface area contributed by atoms with Crippen LogP contribution in [0.15, 0.2) is 53.4 Å². The number of hydrogen-bond acceptors (Lipinski definition) is 4. The molecule has 0 radical (unpaired) electrons. The van der Waals surface area contributed by atoms with Crippen LogP contribution in [0.2, 0.25) is 0 Å². The zero-order chi connectivity index (χ0) is 16.3. The number of methoxy groups -OCH3 is 1. The quantitative estimate of drug-likeness (QED) is 0.868. The first-order chi connectivity index (χ1) is 10.4. The summed E-state index contributed by atoms with van der Waals surface area (Å²) in [5.41, 5.74) is 1.14. The van der Waals surface area contributed by atoms with Gasteiger partial charge in [-0.05, 0) is 31.2 Å². The molecule has 0 heterocycles. The van der Waals surface area contributed by atoms with Crippen molar-refractivity contribution in [3.63, 3.8) is 0 Å². The lowest BCUT2D eigenvalue weighted by atomic mass is 10.2. The van der Waals surface area contributed by atoms with E-state index in [1.807, 2.05) is 6.92 Å². The number of para-hydroxylation sites is 1. The van der Waals surface area contributed by atoms with Crippen LogP contribution in [0.5, 0.6) is 5.75 Å². The van der Waals surface area contributed by atoms with Gasteiger partial charge < -0.3 is 4.74 Å². The standard InChI is InChI=1S/C16H17NO4S/c1-12-8-10-13(11-9-12)22(19,20)17(2)16(18)14-6-4-5-7-15(14)21-3/h4-11H,1-3H3. The highest BCUT2D eigenvalue weighted by atomic mass is 32.2. The van der Waals surface area contributed by atoms with E-state index in [2.05, 4.69) is 0 Å². The van der Waals surface area contributed by atoms with Crippen LogP contribution in [-0.4, -0.2) is 32.8 Å². The van der Waals surface area contributed by atoms with E-state index in [9.17, 15) is 13.2 Å². The number of aryl methyl sites for hydroxylation is 1. The molecule has 0 aliphatic rings. The molecular formula is C16H17NO4S. The van der Waals surface area contributed by atoms with Crippen LogP contribution in [0, 0.1) is 6.92 Å². The highest BCUT2D eigenvalue weighted by molar-refractivity contribution is 7.89. The number of hydrogen-bond donors (Lipinski definition) is 0. The van der Waals surface area contributed by atoms with Crippen molar-refractivity contribution in [1.29, 1.82) is 0 Å². The van der Waals surface area contributed by atoms with Crippen molar-refractivity contribution in [2.75, 3.05) is 14.2 Å². The minimum Gasteiger partial charge on any atom is -0.496 e. The van der Waals surface area contributed by atoms with Crippen molar-refractivity contribution in [1.82, 2.24) is 4.31 Å². The second-order valence-corrected chi connectivity index (χ2v) is 6.76. The summed E-state index contributed by atoms with van der Waals surface area (Å²) in [6.07, 6.45) is 0. The maximum absolute atomic E-state index is 12.5. The summed E-state index contributed by atoms with van der Waals surface area (Å²) in [5, 5.41) is 0. The van der Waals surface area contributed by atoms with Crippen LogP contribution < -0.4 is 4.74 Å². The Morgan fingerprint density at radius 2 is 1.64 bits per heavy atom. The van der Waals surface area contributed by atoms with Gasteiger partial charge in [0, 0.05) is 7.05 Å². The van der Waals surface area contributed by atoms with Crippen LogP contribution in [0.1, 0.15) is 15.9 Å². The summed E-state index contributed by atoms with van der Waals surface area (Å²) < 4.78 is 30.9. The van der Waals surface area contributed by atoms with E-state index in [-0.39, 0.29) is 10.5 Å². The predicted octanol–water partition coefficient (Wildman–Crippen LogP) is 2.46. The molecule has 5 nitrogen and oxygen atoms in total. The zero-order valence-electron chi connectivity index (χ0n) is 12.6. The van der Waals surface area contributed by atoms with Crippen LogP contribution in [0.4, 0.5) is 0 Å². The molecule has 0 unspecified atom stereocenters. The van der Waals surface area contributed by atoms with E-state index in [4.69, 9.17) is 4.74 Å². The molecule has 0 bridgehead atoms. The summed E-state index contributed by atoms with van der Waals surface area (Å²) in [7, 11) is -1.23. The average Bonchev–Trinajstić information content (AvgIpc) is 2.53. The summed E-state index contributed by atoms with van der Waals surface area (Å²) in [6.45, 7) is 1.86. The molecule has 0 fully saturated rings. The fourth-order valence-corrected chi connectivity index (χ4v) is 3.08. The maximum atomic E-state index is 12.5. The van der Waals surface area contributed by atoms with Crippen molar-refractivity contribution in [2.45, 2.75) is 11.8 Å². The number of rotatable bonds is 4. The van der Waals surface area contributed by atoms with Gasteiger partial charge >= 0.3 is 0 Å². The van der Waals surface area contributed by atoms with Crippen LogP contribution in [-0.2, 0) is 10.0 Å². The summed E-state index contributed by atoms with van der Waals surface area (Å²) in [4.78, 5) is 12.6. The number of sulfonamides is 1. The lowest BCUT2D eigenvalue weighted by molar-refractivity contribution is 0.0880. The van der Waals surface area contributed by atoms with Crippen LogP contribution in [0.3, 0.4) is 0 Å². The number of nitrogens with zero attached hydrogens (tertiary/aromatic N) is 1. The lowest BCUT2D eigenvalue weighted by Crippen LogP contribution is -2.33. The van der Waals surface area contributed by atoms with Gasteiger partial charge in [-0.25, -0.2) is 12.7 Å². The lowest BCUT2D eigenvalue weighted by Gasteiger charge is -2.19. The summed E-state index contributed by atoms with van der Waals surface area (Å²) in [5.74, 6) is -0.309. The average molecular weight is 319 g/mol. The van der Waals surface area contributed by atoms with E-state index in [0.717, 1.165) is 9.87 Å². The number of carbonyl (C=O) groups is 1. The zero-order valence-corrected chi connectivity index (χ0v) is 13.4. The minimum atomic E-state index is -3.90. The molecule has 0 aliphatic heterocycles. The highest BCUT2D eigenvalue weighted by Crippen LogP contribution is 2.22. The molecular weight excluding hydrogens is 302 g/mol. The monoisotopic (exact) mass is 319 g/mol. The number of amides is 1. The van der Waals surface area contributed by atoms with Gasteiger partial charge in [0.15, 0.2) is 0 Å². The first-order valence-corrected chi connectivity index (χ1v) is 8.05. The number of ether oxygens (including phenoxy) is 1. The summed E-state index contributed by atoms with van der Waals surface area (Å²) >= 11 is 0. The van der Waals surface area contributed by atoms with Crippen molar-refractivity contribution in [2.24, 2.45) is 0 Å². The van der Waals surface area contributed by atoms with Gasteiger partial charge in [-0.15, -0.1) is 0 Å². The second-order valence-electron chi connectivity index (χ2n) is 4.79. The Balaban J connectivity index is 2.39. The molecule has 2 rings (SSSR count). The molecule has 0 saturated heterocycles. The Morgan fingerprint density at radius 1 is 1.05 bits per heavy atom. The molecule has 1 amide bonds. The second kappa shape index (κ2) is 6.19. The molecule has 116 valence electrons. The smallest absolute Gasteiger partial charge is 0.271 e. The molecule has 0 N–H and O–H groups in total. The van der Waals surface area contributed by atoms with Gasteiger partial charge in [-0.2, -0.15) is 0 Å². The Labute approximate surface area is 130 Å². The first kappa shape index (κ1) is 16.0.